The molecule has 0 atom stereocenters. The van der Waals surface area contributed by atoms with Crippen LogP contribution in [0.25, 0.3) is 10.8 Å². The standard InChI is InChI=1S/C19H10FNO4/c20-13-9-7-12(8-10-13)19(24)25-21-17(22)14-5-1-3-11-4-2-6-15(16(11)14)18(21)23/h1-10H. The van der Waals surface area contributed by atoms with Crippen molar-refractivity contribution in [3.05, 3.63) is 83.2 Å². The van der Waals surface area contributed by atoms with Crippen molar-refractivity contribution in [3.63, 3.8) is 0 Å². The summed E-state index contributed by atoms with van der Waals surface area (Å²) in [6.07, 6.45) is 0. The first-order valence-electron chi connectivity index (χ1n) is 7.44. The number of carbonyl (C=O) groups is 3. The van der Waals surface area contributed by atoms with Gasteiger partial charge < -0.3 is 4.84 Å². The highest BCUT2D eigenvalue weighted by atomic mass is 19.1. The van der Waals surface area contributed by atoms with Crippen molar-refractivity contribution >= 4 is 28.6 Å². The Morgan fingerprint density at radius 1 is 0.840 bits per heavy atom. The van der Waals surface area contributed by atoms with Crippen LogP contribution in [0.5, 0.6) is 0 Å². The molecule has 0 spiro atoms. The van der Waals surface area contributed by atoms with Crippen molar-refractivity contribution in [2.45, 2.75) is 0 Å². The minimum Gasteiger partial charge on any atom is -0.324 e. The zero-order valence-electron chi connectivity index (χ0n) is 12.7. The molecule has 0 N–H and O–H groups in total. The summed E-state index contributed by atoms with van der Waals surface area (Å²) in [5.74, 6) is -2.87. The molecule has 1 aliphatic heterocycles. The number of hydrogen-bond donors (Lipinski definition) is 0. The fourth-order valence-electron chi connectivity index (χ4n) is 2.81. The van der Waals surface area contributed by atoms with E-state index in [1.54, 1.807) is 36.4 Å². The van der Waals surface area contributed by atoms with Crippen LogP contribution >= 0.6 is 0 Å². The minimum atomic E-state index is -0.923. The van der Waals surface area contributed by atoms with Gasteiger partial charge in [-0.05, 0) is 41.8 Å². The lowest BCUT2D eigenvalue weighted by Gasteiger charge is -2.25. The Labute approximate surface area is 141 Å². The number of nitrogens with zero attached hydrogens (tertiary/aromatic N) is 1. The van der Waals surface area contributed by atoms with Crippen LogP contribution in [0.3, 0.4) is 0 Å². The van der Waals surface area contributed by atoms with E-state index in [9.17, 15) is 18.8 Å². The Hall–Kier alpha value is -3.54. The molecule has 0 aliphatic carbocycles. The van der Waals surface area contributed by atoms with Crippen LogP contribution in [0, 0.1) is 5.82 Å². The molecule has 122 valence electrons. The molecule has 0 fully saturated rings. The van der Waals surface area contributed by atoms with Crippen LogP contribution in [0.15, 0.2) is 60.7 Å². The molecule has 4 rings (SSSR count). The summed E-state index contributed by atoms with van der Waals surface area (Å²) in [5.41, 5.74) is 0.582. The van der Waals surface area contributed by atoms with Crippen LogP contribution in [0.1, 0.15) is 31.1 Å². The topological polar surface area (TPSA) is 63.7 Å². The van der Waals surface area contributed by atoms with Crippen molar-refractivity contribution in [2.24, 2.45) is 0 Å². The SMILES string of the molecule is O=C(ON1C(=O)c2cccc3cccc(c23)C1=O)c1ccc(F)cc1. The van der Waals surface area contributed by atoms with Gasteiger partial charge in [-0.3, -0.25) is 9.59 Å². The van der Waals surface area contributed by atoms with Gasteiger partial charge in [0.1, 0.15) is 5.82 Å². The van der Waals surface area contributed by atoms with Gasteiger partial charge in [0, 0.05) is 5.39 Å². The molecule has 0 unspecified atom stereocenters. The van der Waals surface area contributed by atoms with E-state index in [1.165, 1.54) is 12.1 Å². The molecule has 0 bridgehead atoms. The average Bonchev–Trinajstić information content (AvgIpc) is 2.63. The number of halogens is 1. The lowest BCUT2D eigenvalue weighted by Crippen LogP contribution is -2.41. The van der Waals surface area contributed by atoms with E-state index >= 15 is 0 Å². The summed E-state index contributed by atoms with van der Waals surface area (Å²) in [6, 6.07) is 14.7. The first-order valence-corrected chi connectivity index (χ1v) is 7.44. The van der Waals surface area contributed by atoms with Crippen molar-refractivity contribution in [2.75, 3.05) is 0 Å². The molecular weight excluding hydrogens is 325 g/mol. The van der Waals surface area contributed by atoms with Gasteiger partial charge in [0.15, 0.2) is 0 Å². The predicted molar refractivity (Wildman–Crippen MR) is 86.3 cm³/mol. The maximum atomic E-state index is 13.0. The Kier molecular flexibility index (Phi) is 3.32. The maximum Gasteiger partial charge on any atom is 0.363 e. The third-order valence-corrected chi connectivity index (χ3v) is 3.99. The molecule has 2 amide bonds. The minimum absolute atomic E-state index is 0.0269. The van der Waals surface area contributed by atoms with Crippen LogP contribution in [0.2, 0.25) is 0 Å². The number of hydrogen-bond acceptors (Lipinski definition) is 4. The molecule has 0 saturated heterocycles. The molecule has 0 saturated carbocycles. The fourth-order valence-corrected chi connectivity index (χ4v) is 2.81. The van der Waals surface area contributed by atoms with Crippen LogP contribution in [-0.4, -0.2) is 22.8 Å². The third-order valence-electron chi connectivity index (χ3n) is 3.99. The van der Waals surface area contributed by atoms with Gasteiger partial charge in [0.25, 0.3) is 11.8 Å². The highest BCUT2D eigenvalue weighted by Crippen LogP contribution is 2.30. The van der Waals surface area contributed by atoms with Gasteiger partial charge in [0.2, 0.25) is 0 Å². The zero-order chi connectivity index (χ0) is 17.6. The average molecular weight is 335 g/mol. The first kappa shape index (κ1) is 15.0. The number of amides is 2. The third kappa shape index (κ3) is 2.35. The normalized spacial score (nSPS) is 13.2. The molecule has 0 radical (unpaired) electrons. The highest BCUT2D eigenvalue weighted by molar-refractivity contribution is 6.25. The number of imide groups is 1. The molecule has 5 nitrogen and oxygen atoms in total. The molecule has 0 aromatic heterocycles. The Morgan fingerprint density at radius 3 is 1.96 bits per heavy atom. The van der Waals surface area contributed by atoms with Gasteiger partial charge >= 0.3 is 5.97 Å². The summed E-state index contributed by atoms with van der Waals surface area (Å²) in [6.45, 7) is 0. The van der Waals surface area contributed by atoms with Crippen molar-refractivity contribution < 1.29 is 23.6 Å². The van der Waals surface area contributed by atoms with E-state index in [1.807, 2.05) is 0 Å². The summed E-state index contributed by atoms with van der Waals surface area (Å²) in [4.78, 5) is 42.4. The summed E-state index contributed by atoms with van der Waals surface area (Å²) in [7, 11) is 0. The summed E-state index contributed by atoms with van der Waals surface area (Å²) < 4.78 is 13.0. The van der Waals surface area contributed by atoms with Crippen molar-refractivity contribution in [1.29, 1.82) is 0 Å². The predicted octanol–water partition coefficient (Wildman–Crippen LogP) is 3.35. The van der Waals surface area contributed by atoms with E-state index in [2.05, 4.69) is 0 Å². The molecule has 3 aromatic carbocycles. The fraction of sp³-hybridized carbons (Fsp3) is 0. The van der Waals surface area contributed by atoms with Gasteiger partial charge in [-0.15, -0.1) is 0 Å². The molecule has 6 heteroatoms. The number of rotatable bonds is 2. The Balaban J connectivity index is 1.73. The lowest BCUT2D eigenvalue weighted by molar-refractivity contribution is -0.0620. The number of hydroxylamine groups is 2. The monoisotopic (exact) mass is 335 g/mol. The molecule has 3 aromatic rings. The first-order chi connectivity index (χ1) is 12.1. The van der Waals surface area contributed by atoms with Crippen LogP contribution < -0.4 is 0 Å². The van der Waals surface area contributed by atoms with E-state index in [0.29, 0.717) is 10.4 Å². The zero-order valence-corrected chi connectivity index (χ0v) is 12.7. The van der Waals surface area contributed by atoms with E-state index in [4.69, 9.17) is 4.84 Å². The molecule has 1 aliphatic rings. The molecule has 25 heavy (non-hydrogen) atoms. The second-order valence-corrected chi connectivity index (χ2v) is 5.50. The second-order valence-electron chi connectivity index (χ2n) is 5.50. The lowest BCUT2D eigenvalue weighted by atomic mass is 9.95. The summed E-state index contributed by atoms with van der Waals surface area (Å²) in [5, 5.41) is 1.73. The van der Waals surface area contributed by atoms with Gasteiger partial charge in [0.05, 0.1) is 16.7 Å². The second kappa shape index (κ2) is 5.52. The summed E-state index contributed by atoms with van der Waals surface area (Å²) >= 11 is 0. The smallest absolute Gasteiger partial charge is 0.324 e. The van der Waals surface area contributed by atoms with Crippen LogP contribution in [-0.2, 0) is 4.84 Å². The number of benzene rings is 3. The Bertz CT molecular complexity index is 992. The largest absolute Gasteiger partial charge is 0.363 e. The number of carbonyl (C=O) groups excluding carboxylic acids is 3. The quantitative estimate of drug-likeness (QED) is 0.674. The van der Waals surface area contributed by atoms with Gasteiger partial charge in [-0.2, -0.15) is 0 Å². The van der Waals surface area contributed by atoms with Crippen molar-refractivity contribution in [3.8, 4) is 0 Å². The van der Waals surface area contributed by atoms with E-state index < -0.39 is 23.6 Å². The van der Waals surface area contributed by atoms with Crippen molar-refractivity contribution in [1.82, 2.24) is 5.06 Å². The van der Waals surface area contributed by atoms with E-state index in [-0.39, 0.29) is 16.7 Å². The van der Waals surface area contributed by atoms with Crippen LogP contribution in [0.4, 0.5) is 4.39 Å². The Morgan fingerprint density at radius 2 is 1.40 bits per heavy atom. The van der Waals surface area contributed by atoms with Gasteiger partial charge in [-0.25, -0.2) is 9.18 Å². The van der Waals surface area contributed by atoms with Gasteiger partial charge in [-0.1, -0.05) is 29.3 Å². The molecule has 1 heterocycles. The highest BCUT2D eigenvalue weighted by Gasteiger charge is 2.36. The van der Waals surface area contributed by atoms with E-state index in [0.717, 1.165) is 17.5 Å². The maximum absolute atomic E-state index is 13.0. The molecular formula is C19H10FNO4.